The minimum Gasteiger partial charge on any atom is -0.495 e. The van der Waals surface area contributed by atoms with E-state index < -0.39 is 5.41 Å². The van der Waals surface area contributed by atoms with Crippen LogP contribution >= 0.6 is 0 Å². The van der Waals surface area contributed by atoms with E-state index in [4.69, 9.17) is 10.5 Å². The molecule has 116 valence electrons. The summed E-state index contributed by atoms with van der Waals surface area (Å²) >= 11 is 0. The van der Waals surface area contributed by atoms with Gasteiger partial charge in [-0.05, 0) is 56.2 Å². The minimum atomic E-state index is -0.429. The lowest BCUT2D eigenvalue weighted by molar-refractivity contribution is -0.127. The largest absolute Gasteiger partial charge is 0.495 e. The van der Waals surface area contributed by atoms with Crippen molar-refractivity contribution in [3.8, 4) is 5.75 Å². The summed E-state index contributed by atoms with van der Waals surface area (Å²) in [5.41, 5.74) is 7.34. The van der Waals surface area contributed by atoms with Crippen molar-refractivity contribution in [3.63, 3.8) is 0 Å². The predicted molar refractivity (Wildman–Crippen MR) is 85.5 cm³/mol. The third-order valence-electron chi connectivity index (χ3n) is 4.71. The number of hydrogen-bond acceptors (Lipinski definition) is 3. The second kappa shape index (κ2) is 6.48. The molecule has 1 fully saturated rings. The first kappa shape index (κ1) is 15.8. The lowest BCUT2D eigenvalue weighted by Crippen LogP contribution is -2.44. The van der Waals surface area contributed by atoms with Gasteiger partial charge >= 0.3 is 0 Å². The van der Waals surface area contributed by atoms with Gasteiger partial charge in [0.25, 0.3) is 0 Å². The molecule has 0 radical (unpaired) electrons. The molecule has 0 atom stereocenters. The molecule has 4 heteroatoms. The summed E-state index contributed by atoms with van der Waals surface area (Å²) in [7, 11) is 1.61. The lowest BCUT2D eigenvalue weighted by atomic mass is 9.70. The van der Waals surface area contributed by atoms with Crippen LogP contribution in [0.2, 0.25) is 0 Å². The molecule has 1 aliphatic carbocycles. The highest BCUT2D eigenvalue weighted by Gasteiger charge is 2.40. The first-order valence-electron chi connectivity index (χ1n) is 7.67. The molecule has 1 saturated carbocycles. The molecule has 1 aromatic rings. The third-order valence-corrected chi connectivity index (χ3v) is 4.71. The van der Waals surface area contributed by atoms with E-state index in [0.29, 0.717) is 18.2 Å². The van der Waals surface area contributed by atoms with Crippen molar-refractivity contribution in [1.82, 2.24) is 0 Å². The Morgan fingerprint density at radius 2 is 2.10 bits per heavy atom. The van der Waals surface area contributed by atoms with Crippen molar-refractivity contribution in [2.75, 3.05) is 19.0 Å². The van der Waals surface area contributed by atoms with E-state index >= 15 is 0 Å². The maximum absolute atomic E-state index is 12.8. The molecule has 21 heavy (non-hydrogen) atoms. The topological polar surface area (TPSA) is 64.3 Å². The lowest BCUT2D eigenvalue weighted by Gasteiger charge is -2.37. The second-order valence-electron chi connectivity index (χ2n) is 6.32. The number of carbonyl (C=O) groups is 1. The summed E-state index contributed by atoms with van der Waals surface area (Å²) in [5, 5.41) is 3.03. The van der Waals surface area contributed by atoms with Gasteiger partial charge in [0.2, 0.25) is 5.91 Å². The quantitative estimate of drug-likeness (QED) is 0.895. The van der Waals surface area contributed by atoms with Gasteiger partial charge in [0.1, 0.15) is 5.75 Å². The molecule has 3 N–H and O–H groups in total. The number of aryl methyl sites for hydroxylation is 1. The fraction of sp³-hybridized carbons (Fsp3) is 0.588. The fourth-order valence-electron chi connectivity index (χ4n) is 3.01. The number of benzene rings is 1. The molecule has 4 nitrogen and oxygen atoms in total. The van der Waals surface area contributed by atoms with E-state index in [2.05, 4.69) is 12.2 Å². The molecule has 0 heterocycles. The molecule has 1 aromatic carbocycles. The Hall–Kier alpha value is -1.55. The van der Waals surface area contributed by atoms with Crippen molar-refractivity contribution < 1.29 is 9.53 Å². The molecule has 0 aromatic heterocycles. The van der Waals surface area contributed by atoms with E-state index in [1.165, 1.54) is 0 Å². The monoisotopic (exact) mass is 290 g/mol. The van der Waals surface area contributed by atoms with Gasteiger partial charge in [-0.2, -0.15) is 0 Å². The van der Waals surface area contributed by atoms with Gasteiger partial charge in [0.05, 0.1) is 18.2 Å². The zero-order chi connectivity index (χ0) is 15.5. The van der Waals surface area contributed by atoms with Crippen molar-refractivity contribution in [1.29, 1.82) is 0 Å². The first-order valence-corrected chi connectivity index (χ1v) is 7.67. The Labute approximate surface area is 127 Å². The first-order chi connectivity index (χ1) is 10.0. The third kappa shape index (κ3) is 3.38. The summed E-state index contributed by atoms with van der Waals surface area (Å²) in [6.45, 7) is 4.64. The maximum Gasteiger partial charge on any atom is 0.231 e. The molecule has 2 rings (SSSR count). The van der Waals surface area contributed by atoms with Crippen molar-refractivity contribution in [2.24, 2.45) is 17.1 Å². The van der Waals surface area contributed by atoms with Crippen LogP contribution in [-0.4, -0.2) is 19.6 Å². The Balaban J connectivity index is 2.18. The molecule has 0 bridgehead atoms. The molecular weight excluding hydrogens is 264 g/mol. The number of nitrogens with two attached hydrogens (primary N) is 1. The molecule has 0 spiro atoms. The summed E-state index contributed by atoms with van der Waals surface area (Å²) in [5.74, 6) is 1.40. The Morgan fingerprint density at radius 1 is 1.43 bits per heavy atom. The van der Waals surface area contributed by atoms with Crippen LogP contribution < -0.4 is 15.8 Å². The number of anilines is 1. The number of ether oxygens (including phenoxy) is 1. The standard InChI is InChI=1S/C17H26N2O2/c1-12-6-8-17(11-18,9-7-12)16(20)19-14-10-13(2)4-5-15(14)21-3/h4-5,10,12H,6-9,11,18H2,1-3H3,(H,19,20). The van der Waals surface area contributed by atoms with Crippen LogP contribution in [0, 0.1) is 18.3 Å². The number of amides is 1. The van der Waals surface area contributed by atoms with E-state index in [1.807, 2.05) is 25.1 Å². The average Bonchev–Trinajstić information content (AvgIpc) is 2.48. The highest BCUT2D eigenvalue weighted by atomic mass is 16.5. The van der Waals surface area contributed by atoms with E-state index in [0.717, 1.165) is 36.9 Å². The molecule has 1 aliphatic rings. The molecule has 1 amide bonds. The van der Waals surface area contributed by atoms with Gasteiger partial charge in [-0.1, -0.05) is 13.0 Å². The van der Waals surface area contributed by atoms with Gasteiger partial charge in [-0.25, -0.2) is 0 Å². The molecular formula is C17H26N2O2. The minimum absolute atomic E-state index is 0.0285. The summed E-state index contributed by atoms with van der Waals surface area (Å²) in [4.78, 5) is 12.8. The fourth-order valence-corrected chi connectivity index (χ4v) is 3.01. The second-order valence-corrected chi connectivity index (χ2v) is 6.32. The van der Waals surface area contributed by atoms with E-state index in [-0.39, 0.29) is 5.91 Å². The summed E-state index contributed by atoms with van der Waals surface area (Å²) in [6, 6.07) is 5.78. The number of methoxy groups -OCH3 is 1. The summed E-state index contributed by atoms with van der Waals surface area (Å²) in [6.07, 6.45) is 3.86. The van der Waals surface area contributed by atoms with Crippen LogP contribution in [0.5, 0.6) is 5.75 Å². The van der Waals surface area contributed by atoms with E-state index in [1.54, 1.807) is 7.11 Å². The van der Waals surface area contributed by atoms with Gasteiger partial charge < -0.3 is 15.8 Å². The number of nitrogens with one attached hydrogen (secondary N) is 1. The smallest absolute Gasteiger partial charge is 0.231 e. The SMILES string of the molecule is COc1ccc(C)cc1NC(=O)C1(CN)CCC(C)CC1. The number of carbonyl (C=O) groups excluding carboxylic acids is 1. The normalized spacial score (nSPS) is 25.4. The van der Waals surface area contributed by atoms with Crippen LogP contribution in [-0.2, 0) is 4.79 Å². The summed E-state index contributed by atoms with van der Waals surface area (Å²) < 4.78 is 5.33. The molecule has 0 saturated heterocycles. The van der Waals surface area contributed by atoms with Gasteiger partial charge in [0.15, 0.2) is 0 Å². The molecule has 0 unspecified atom stereocenters. The zero-order valence-electron chi connectivity index (χ0n) is 13.2. The highest BCUT2D eigenvalue weighted by Crippen LogP contribution is 2.39. The maximum atomic E-state index is 12.8. The van der Waals surface area contributed by atoms with Crippen LogP contribution in [0.15, 0.2) is 18.2 Å². The Morgan fingerprint density at radius 3 is 2.67 bits per heavy atom. The van der Waals surface area contributed by atoms with Gasteiger partial charge in [-0.3, -0.25) is 4.79 Å². The van der Waals surface area contributed by atoms with Crippen molar-refractivity contribution in [3.05, 3.63) is 23.8 Å². The van der Waals surface area contributed by atoms with Crippen molar-refractivity contribution >= 4 is 11.6 Å². The number of rotatable bonds is 4. The van der Waals surface area contributed by atoms with Crippen LogP contribution in [0.4, 0.5) is 5.69 Å². The van der Waals surface area contributed by atoms with E-state index in [9.17, 15) is 4.79 Å². The van der Waals surface area contributed by atoms with Gasteiger partial charge in [-0.15, -0.1) is 0 Å². The number of hydrogen-bond donors (Lipinski definition) is 2. The molecule has 0 aliphatic heterocycles. The average molecular weight is 290 g/mol. The van der Waals surface area contributed by atoms with Crippen LogP contribution in [0.1, 0.15) is 38.2 Å². The Kier molecular flexibility index (Phi) is 4.88. The van der Waals surface area contributed by atoms with Crippen LogP contribution in [0.3, 0.4) is 0 Å². The van der Waals surface area contributed by atoms with Crippen LogP contribution in [0.25, 0.3) is 0 Å². The highest BCUT2D eigenvalue weighted by molar-refractivity contribution is 5.96. The Bertz CT molecular complexity index is 506. The van der Waals surface area contributed by atoms with Crippen molar-refractivity contribution in [2.45, 2.75) is 39.5 Å². The predicted octanol–water partition coefficient (Wildman–Crippen LogP) is 3.10. The zero-order valence-corrected chi connectivity index (χ0v) is 13.2. The van der Waals surface area contributed by atoms with Gasteiger partial charge in [0, 0.05) is 6.54 Å².